The van der Waals surface area contributed by atoms with Crippen LogP contribution < -0.4 is 10.1 Å². The lowest BCUT2D eigenvalue weighted by atomic mass is 10.1. The maximum absolute atomic E-state index is 6.35. The molecule has 0 amide bonds. The molecule has 0 spiro atoms. The average molecular weight is 412 g/mol. The number of aryl methyl sites for hydroxylation is 1. The maximum Gasteiger partial charge on any atom is 0.220 e. The van der Waals surface area contributed by atoms with Gasteiger partial charge in [0.25, 0.3) is 0 Å². The van der Waals surface area contributed by atoms with Crippen molar-refractivity contribution in [3.8, 4) is 11.7 Å². The van der Waals surface area contributed by atoms with Gasteiger partial charge < -0.3 is 10.1 Å². The van der Waals surface area contributed by atoms with Crippen molar-refractivity contribution in [2.75, 3.05) is 18.9 Å². The second-order valence-electron chi connectivity index (χ2n) is 7.75. The molecule has 0 saturated heterocycles. The first kappa shape index (κ1) is 19.3. The standard InChI is InChI=1S/C24H24N6O/c1-17-25-12-13-30(17)23-11-9-20(14-26-23)27-22-10-8-19-15-29(2)16-21(31-24(19)28-22)18-6-4-3-5-7-18/h3-14,21H,15-16H2,1-2H3,(H,27,28). The number of pyridine rings is 2. The van der Waals surface area contributed by atoms with Gasteiger partial charge in [-0.3, -0.25) is 9.47 Å². The number of hydrogen-bond donors (Lipinski definition) is 1. The lowest BCUT2D eigenvalue weighted by Gasteiger charge is -2.20. The van der Waals surface area contributed by atoms with Crippen LogP contribution in [0.5, 0.6) is 5.88 Å². The van der Waals surface area contributed by atoms with Gasteiger partial charge in [-0.05, 0) is 43.8 Å². The number of imidazole rings is 1. The van der Waals surface area contributed by atoms with E-state index in [0.29, 0.717) is 5.88 Å². The molecule has 0 aliphatic carbocycles. The summed E-state index contributed by atoms with van der Waals surface area (Å²) in [7, 11) is 2.11. The number of anilines is 2. The van der Waals surface area contributed by atoms with E-state index in [1.54, 1.807) is 12.4 Å². The van der Waals surface area contributed by atoms with Gasteiger partial charge in [-0.2, -0.15) is 4.98 Å². The Morgan fingerprint density at radius 3 is 2.65 bits per heavy atom. The molecule has 1 aliphatic rings. The molecule has 5 rings (SSSR count). The summed E-state index contributed by atoms with van der Waals surface area (Å²) in [6, 6.07) is 18.3. The van der Waals surface area contributed by atoms with E-state index in [2.05, 4.69) is 45.4 Å². The van der Waals surface area contributed by atoms with Gasteiger partial charge in [-0.15, -0.1) is 0 Å². The van der Waals surface area contributed by atoms with Crippen molar-refractivity contribution in [1.29, 1.82) is 0 Å². The maximum atomic E-state index is 6.35. The summed E-state index contributed by atoms with van der Waals surface area (Å²) in [5.74, 6) is 3.12. The highest BCUT2D eigenvalue weighted by molar-refractivity contribution is 5.57. The van der Waals surface area contributed by atoms with Crippen LogP contribution in [0.3, 0.4) is 0 Å². The third-order valence-corrected chi connectivity index (χ3v) is 5.37. The minimum atomic E-state index is -0.0606. The van der Waals surface area contributed by atoms with Crippen molar-refractivity contribution in [1.82, 2.24) is 24.4 Å². The molecule has 0 bridgehead atoms. The van der Waals surface area contributed by atoms with Gasteiger partial charge in [0.1, 0.15) is 23.6 Å². The molecule has 7 heteroatoms. The zero-order valence-electron chi connectivity index (χ0n) is 17.6. The Labute approximate surface area is 181 Å². The van der Waals surface area contributed by atoms with Crippen LogP contribution in [-0.2, 0) is 6.54 Å². The van der Waals surface area contributed by atoms with Crippen LogP contribution in [0.1, 0.15) is 23.1 Å². The smallest absolute Gasteiger partial charge is 0.220 e. The first-order chi connectivity index (χ1) is 15.2. The van der Waals surface area contributed by atoms with Crippen LogP contribution in [0.15, 0.2) is 73.2 Å². The van der Waals surface area contributed by atoms with E-state index < -0.39 is 0 Å². The Morgan fingerprint density at radius 1 is 1.03 bits per heavy atom. The van der Waals surface area contributed by atoms with Crippen molar-refractivity contribution in [3.63, 3.8) is 0 Å². The van der Waals surface area contributed by atoms with Crippen molar-refractivity contribution < 1.29 is 4.74 Å². The van der Waals surface area contributed by atoms with Gasteiger partial charge in [0.05, 0.1) is 11.9 Å². The highest BCUT2D eigenvalue weighted by Crippen LogP contribution is 2.31. The number of nitrogens with zero attached hydrogens (tertiary/aromatic N) is 5. The van der Waals surface area contributed by atoms with Crippen LogP contribution in [0.2, 0.25) is 0 Å². The lowest BCUT2D eigenvalue weighted by molar-refractivity contribution is 0.160. The summed E-state index contributed by atoms with van der Waals surface area (Å²) >= 11 is 0. The number of nitrogens with one attached hydrogen (secondary N) is 1. The first-order valence-corrected chi connectivity index (χ1v) is 10.3. The molecule has 1 N–H and O–H groups in total. The third kappa shape index (κ3) is 4.13. The van der Waals surface area contributed by atoms with Gasteiger partial charge in [0.2, 0.25) is 5.88 Å². The monoisotopic (exact) mass is 412 g/mol. The summed E-state index contributed by atoms with van der Waals surface area (Å²) in [6.07, 6.45) is 5.40. The van der Waals surface area contributed by atoms with Crippen LogP contribution in [0, 0.1) is 6.92 Å². The molecule has 0 saturated carbocycles. The summed E-state index contributed by atoms with van der Waals surface area (Å²) in [6.45, 7) is 3.56. The number of aromatic nitrogens is 4. The molecule has 1 unspecified atom stereocenters. The Balaban J connectivity index is 1.37. The number of rotatable bonds is 4. The van der Waals surface area contributed by atoms with Crippen molar-refractivity contribution in [2.45, 2.75) is 19.6 Å². The molecular weight excluding hydrogens is 388 g/mol. The second kappa shape index (κ2) is 8.20. The van der Waals surface area contributed by atoms with Crippen LogP contribution >= 0.6 is 0 Å². The van der Waals surface area contributed by atoms with Crippen LogP contribution in [-0.4, -0.2) is 38.0 Å². The van der Waals surface area contributed by atoms with Gasteiger partial charge in [-0.25, -0.2) is 9.97 Å². The fourth-order valence-corrected chi connectivity index (χ4v) is 3.78. The molecule has 0 fully saturated rings. The molecule has 4 aromatic rings. The molecule has 4 heterocycles. The van der Waals surface area contributed by atoms with E-state index in [0.717, 1.165) is 47.4 Å². The summed E-state index contributed by atoms with van der Waals surface area (Å²) < 4.78 is 8.30. The van der Waals surface area contributed by atoms with E-state index in [-0.39, 0.29) is 6.10 Å². The zero-order chi connectivity index (χ0) is 21.2. The van der Waals surface area contributed by atoms with E-state index in [9.17, 15) is 0 Å². The van der Waals surface area contributed by atoms with Gasteiger partial charge in [0, 0.05) is 31.0 Å². The largest absolute Gasteiger partial charge is 0.468 e. The number of hydrogen-bond acceptors (Lipinski definition) is 6. The predicted molar refractivity (Wildman–Crippen MR) is 120 cm³/mol. The minimum absolute atomic E-state index is 0.0606. The molecular formula is C24H24N6O. The van der Waals surface area contributed by atoms with Crippen LogP contribution in [0.25, 0.3) is 5.82 Å². The zero-order valence-corrected chi connectivity index (χ0v) is 17.6. The van der Waals surface area contributed by atoms with E-state index >= 15 is 0 Å². The fourth-order valence-electron chi connectivity index (χ4n) is 3.78. The molecule has 156 valence electrons. The van der Waals surface area contributed by atoms with Crippen molar-refractivity contribution in [3.05, 3.63) is 90.1 Å². The van der Waals surface area contributed by atoms with Crippen LogP contribution in [0.4, 0.5) is 11.5 Å². The third-order valence-electron chi connectivity index (χ3n) is 5.37. The lowest BCUT2D eigenvalue weighted by Crippen LogP contribution is -2.24. The number of ether oxygens (including phenoxy) is 1. The van der Waals surface area contributed by atoms with Gasteiger partial charge in [-0.1, -0.05) is 30.3 Å². The average Bonchev–Trinajstić information content (AvgIpc) is 3.14. The quantitative estimate of drug-likeness (QED) is 0.540. The topological polar surface area (TPSA) is 68.1 Å². The Morgan fingerprint density at radius 2 is 1.90 bits per heavy atom. The first-order valence-electron chi connectivity index (χ1n) is 10.3. The molecule has 31 heavy (non-hydrogen) atoms. The molecule has 7 nitrogen and oxygen atoms in total. The number of likely N-dealkylation sites (N-methyl/N-ethyl adjacent to an activating group) is 1. The highest BCUT2D eigenvalue weighted by atomic mass is 16.5. The van der Waals surface area contributed by atoms with Crippen molar-refractivity contribution >= 4 is 11.5 Å². The summed E-state index contributed by atoms with van der Waals surface area (Å²) in [4.78, 5) is 15.8. The fraction of sp³-hybridized carbons (Fsp3) is 0.208. The Kier molecular flexibility index (Phi) is 5.09. The van der Waals surface area contributed by atoms with Gasteiger partial charge in [0.15, 0.2) is 0 Å². The van der Waals surface area contributed by atoms with Crippen molar-refractivity contribution in [2.24, 2.45) is 0 Å². The number of benzene rings is 1. The van der Waals surface area contributed by atoms with E-state index in [1.165, 1.54) is 0 Å². The Hall–Kier alpha value is -3.71. The van der Waals surface area contributed by atoms with Gasteiger partial charge >= 0.3 is 0 Å². The number of fused-ring (bicyclic) bond motifs is 1. The van der Waals surface area contributed by atoms with E-state index in [4.69, 9.17) is 9.72 Å². The molecule has 3 aromatic heterocycles. The molecule has 1 atom stereocenters. The molecule has 1 aliphatic heterocycles. The molecule has 1 aromatic carbocycles. The molecule has 0 radical (unpaired) electrons. The summed E-state index contributed by atoms with van der Waals surface area (Å²) in [5.41, 5.74) is 3.09. The normalized spacial score (nSPS) is 16.3. The SMILES string of the molecule is Cc1nccn1-c1ccc(Nc2ccc3c(n2)OC(c2ccccc2)CN(C)C3)cn1. The predicted octanol–water partition coefficient (Wildman–Crippen LogP) is 4.28. The summed E-state index contributed by atoms with van der Waals surface area (Å²) in [5, 5.41) is 3.34. The second-order valence-corrected chi connectivity index (χ2v) is 7.75. The minimum Gasteiger partial charge on any atom is -0.468 e. The van der Waals surface area contributed by atoms with E-state index in [1.807, 2.05) is 54.1 Å². The highest BCUT2D eigenvalue weighted by Gasteiger charge is 2.23. The Bertz CT molecular complexity index is 1170.